The molecule has 3 aromatic rings. The Hall–Kier alpha value is -3.07. The van der Waals surface area contributed by atoms with Gasteiger partial charge < -0.3 is 10.2 Å². The molecule has 10 heteroatoms. The van der Waals surface area contributed by atoms with Crippen molar-refractivity contribution in [2.45, 2.75) is 64.1 Å². The molecule has 224 valence electrons. The Kier molecular flexibility index (Phi) is 10.9. The highest BCUT2D eigenvalue weighted by atomic mass is 35.5. The highest BCUT2D eigenvalue weighted by Gasteiger charge is 2.34. The van der Waals surface area contributed by atoms with Crippen LogP contribution in [-0.4, -0.2) is 50.0 Å². The zero-order valence-electron chi connectivity index (χ0n) is 23.9. The number of amides is 2. The summed E-state index contributed by atoms with van der Waals surface area (Å²) in [6.07, 6.45) is 6.30. The van der Waals surface area contributed by atoms with E-state index in [1.54, 1.807) is 30.3 Å². The molecule has 4 rings (SSSR count). The number of sulfonamides is 1. The van der Waals surface area contributed by atoms with Gasteiger partial charge in [-0.15, -0.1) is 0 Å². The van der Waals surface area contributed by atoms with E-state index in [0.29, 0.717) is 15.6 Å². The van der Waals surface area contributed by atoms with Crippen LogP contribution in [-0.2, 0) is 32.6 Å². The van der Waals surface area contributed by atoms with E-state index in [4.69, 9.17) is 23.2 Å². The van der Waals surface area contributed by atoms with Crippen LogP contribution in [0.4, 0.5) is 5.69 Å². The van der Waals surface area contributed by atoms with Crippen molar-refractivity contribution in [1.29, 1.82) is 0 Å². The fraction of sp³-hybridized carbons (Fsp3) is 0.375. The van der Waals surface area contributed by atoms with Crippen molar-refractivity contribution in [1.82, 2.24) is 10.2 Å². The summed E-state index contributed by atoms with van der Waals surface area (Å²) in [5.74, 6) is -0.799. The number of hydrogen-bond donors (Lipinski definition) is 1. The van der Waals surface area contributed by atoms with E-state index in [1.807, 2.05) is 43.3 Å². The minimum Gasteiger partial charge on any atom is -0.352 e. The largest absolute Gasteiger partial charge is 0.352 e. The third-order valence-corrected chi connectivity index (χ3v) is 9.56. The summed E-state index contributed by atoms with van der Waals surface area (Å²) in [5, 5.41) is 4.02. The lowest BCUT2D eigenvalue weighted by molar-refractivity contribution is -0.140. The lowest BCUT2D eigenvalue weighted by Crippen LogP contribution is -2.55. The number of carbonyl (C=O) groups is 2. The molecule has 1 fully saturated rings. The second-order valence-electron chi connectivity index (χ2n) is 10.9. The summed E-state index contributed by atoms with van der Waals surface area (Å²) in [4.78, 5) is 29.7. The Morgan fingerprint density at radius 2 is 1.60 bits per heavy atom. The molecule has 0 aliphatic heterocycles. The number of nitrogens with one attached hydrogen (secondary N) is 1. The molecular weight excluding hydrogens is 593 g/mol. The fourth-order valence-corrected chi connectivity index (χ4v) is 6.47. The fourth-order valence-electron chi connectivity index (χ4n) is 5.26. The van der Waals surface area contributed by atoms with Gasteiger partial charge in [0.1, 0.15) is 12.6 Å². The van der Waals surface area contributed by atoms with Crippen molar-refractivity contribution in [3.8, 4) is 0 Å². The van der Waals surface area contributed by atoms with Crippen LogP contribution in [0, 0.1) is 6.92 Å². The van der Waals surface area contributed by atoms with Crippen molar-refractivity contribution in [2.75, 3.05) is 17.1 Å². The van der Waals surface area contributed by atoms with Crippen molar-refractivity contribution < 1.29 is 18.0 Å². The van der Waals surface area contributed by atoms with Crippen molar-refractivity contribution >= 4 is 50.7 Å². The highest BCUT2D eigenvalue weighted by Crippen LogP contribution is 2.27. The molecule has 1 aliphatic rings. The third kappa shape index (κ3) is 8.49. The zero-order chi connectivity index (χ0) is 30.3. The number of anilines is 1. The normalized spacial score (nSPS) is 14.7. The van der Waals surface area contributed by atoms with Crippen LogP contribution in [0.25, 0.3) is 0 Å². The molecule has 1 N–H and O–H groups in total. The lowest BCUT2D eigenvalue weighted by Gasteiger charge is -2.35. The molecule has 2 amide bonds. The Bertz CT molecular complexity index is 1490. The van der Waals surface area contributed by atoms with Crippen LogP contribution in [0.5, 0.6) is 0 Å². The second-order valence-corrected chi connectivity index (χ2v) is 13.6. The van der Waals surface area contributed by atoms with Crippen LogP contribution in [0.2, 0.25) is 10.0 Å². The molecular formula is C32H37Cl2N3O4S. The van der Waals surface area contributed by atoms with Gasteiger partial charge >= 0.3 is 0 Å². The summed E-state index contributed by atoms with van der Waals surface area (Å²) in [7, 11) is -3.88. The quantitative estimate of drug-likeness (QED) is 0.275. The summed E-state index contributed by atoms with van der Waals surface area (Å²) >= 11 is 12.8. The van der Waals surface area contributed by atoms with Crippen molar-refractivity contribution in [3.63, 3.8) is 0 Å². The van der Waals surface area contributed by atoms with E-state index in [9.17, 15) is 18.0 Å². The van der Waals surface area contributed by atoms with Gasteiger partial charge in [0, 0.05) is 29.1 Å². The molecule has 0 radical (unpaired) electrons. The number of carbonyl (C=O) groups excluding carboxylic acids is 2. The van der Waals surface area contributed by atoms with Crippen LogP contribution in [0.1, 0.15) is 48.8 Å². The predicted octanol–water partition coefficient (Wildman–Crippen LogP) is 6.16. The van der Waals surface area contributed by atoms with Crippen molar-refractivity contribution in [2.24, 2.45) is 0 Å². The summed E-state index contributed by atoms with van der Waals surface area (Å²) in [6.45, 7) is 1.33. The molecule has 7 nitrogen and oxygen atoms in total. The van der Waals surface area contributed by atoms with E-state index in [2.05, 4.69) is 5.32 Å². The standard InChI is InChI=1S/C32H37Cl2N3O4S/c1-23-17-18-27(20-29(23)34)37(42(2,40)41)22-31(38)36(21-25-13-9-10-16-28(25)33)30(19-24-11-5-3-6-12-24)32(39)35-26-14-7-4-8-15-26/h3,5-6,9-13,16-18,20,26,30H,4,7-8,14-15,19,21-22H2,1-2H3,(H,35,39)/t30-/m0/s1. The molecule has 3 aromatic carbocycles. The Morgan fingerprint density at radius 3 is 2.24 bits per heavy atom. The van der Waals surface area contributed by atoms with Gasteiger partial charge in [0.2, 0.25) is 21.8 Å². The third-order valence-electron chi connectivity index (χ3n) is 7.64. The Morgan fingerprint density at radius 1 is 0.929 bits per heavy atom. The zero-order valence-corrected chi connectivity index (χ0v) is 26.3. The van der Waals surface area contributed by atoms with Crippen molar-refractivity contribution in [3.05, 3.63) is 99.5 Å². The van der Waals surface area contributed by atoms with Crippen LogP contribution < -0.4 is 9.62 Å². The van der Waals surface area contributed by atoms with E-state index in [-0.39, 0.29) is 30.6 Å². The topological polar surface area (TPSA) is 86.8 Å². The van der Waals surface area contributed by atoms with E-state index in [0.717, 1.165) is 53.8 Å². The first-order chi connectivity index (χ1) is 20.0. The van der Waals surface area contributed by atoms with Gasteiger partial charge in [-0.25, -0.2) is 8.42 Å². The van der Waals surface area contributed by atoms with E-state index in [1.165, 1.54) is 11.0 Å². The molecule has 1 aliphatic carbocycles. The van der Waals surface area contributed by atoms with Gasteiger partial charge in [0.05, 0.1) is 11.9 Å². The summed E-state index contributed by atoms with van der Waals surface area (Å²) in [6, 6.07) is 20.6. The molecule has 42 heavy (non-hydrogen) atoms. The molecule has 1 saturated carbocycles. The van der Waals surface area contributed by atoms with Crippen LogP contribution in [0.15, 0.2) is 72.8 Å². The van der Waals surface area contributed by atoms with Crippen LogP contribution in [0.3, 0.4) is 0 Å². The lowest BCUT2D eigenvalue weighted by atomic mass is 9.94. The minimum absolute atomic E-state index is 0.0281. The van der Waals surface area contributed by atoms with E-state index < -0.39 is 28.5 Å². The van der Waals surface area contributed by atoms with Gasteiger partial charge in [0.15, 0.2) is 0 Å². The molecule has 0 spiro atoms. The maximum absolute atomic E-state index is 14.2. The van der Waals surface area contributed by atoms with Gasteiger partial charge in [-0.1, -0.05) is 97.1 Å². The van der Waals surface area contributed by atoms with Gasteiger partial charge in [0.25, 0.3) is 0 Å². The Labute approximate surface area is 258 Å². The molecule has 0 heterocycles. The summed E-state index contributed by atoms with van der Waals surface area (Å²) < 4.78 is 27.0. The second kappa shape index (κ2) is 14.4. The maximum Gasteiger partial charge on any atom is 0.244 e. The van der Waals surface area contributed by atoms with Gasteiger partial charge in [-0.05, 0) is 54.7 Å². The average Bonchev–Trinajstić information content (AvgIpc) is 2.96. The molecule has 0 saturated heterocycles. The Balaban J connectivity index is 1.74. The highest BCUT2D eigenvalue weighted by molar-refractivity contribution is 7.92. The number of aryl methyl sites for hydroxylation is 1. The van der Waals surface area contributed by atoms with Crippen LogP contribution >= 0.6 is 23.2 Å². The first kappa shape index (κ1) is 31.9. The minimum atomic E-state index is -3.88. The molecule has 0 aromatic heterocycles. The maximum atomic E-state index is 14.2. The first-order valence-corrected chi connectivity index (χ1v) is 16.7. The van der Waals surface area contributed by atoms with E-state index >= 15 is 0 Å². The number of nitrogens with zero attached hydrogens (tertiary/aromatic N) is 2. The smallest absolute Gasteiger partial charge is 0.244 e. The molecule has 0 unspecified atom stereocenters. The SMILES string of the molecule is Cc1ccc(N(CC(=O)N(Cc2ccccc2Cl)[C@@H](Cc2ccccc2)C(=O)NC2CCCCC2)S(C)(=O)=O)cc1Cl. The number of rotatable bonds is 11. The number of hydrogen-bond acceptors (Lipinski definition) is 4. The predicted molar refractivity (Wildman–Crippen MR) is 169 cm³/mol. The number of halogens is 2. The molecule has 0 bridgehead atoms. The average molecular weight is 631 g/mol. The molecule has 1 atom stereocenters. The van der Waals surface area contributed by atoms with Gasteiger partial charge in [-0.2, -0.15) is 0 Å². The van der Waals surface area contributed by atoms with Gasteiger partial charge in [-0.3, -0.25) is 13.9 Å². The summed E-state index contributed by atoms with van der Waals surface area (Å²) in [5.41, 5.74) is 2.58. The number of benzene rings is 3. The monoisotopic (exact) mass is 629 g/mol. The first-order valence-electron chi connectivity index (χ1n) is 14.1.